The smallest absolute Gasteiger partial charge is 0.235 e. The number of nitrogens with zero attached hydrogens (tertiary/aromatic N) is 2. The summed E-state index contributed by atoms with van der Waals surface area (Å²) in [5.41, 5.74) is 1.66. The highest BCUT2D eigenvalue weighted by molar-refractivity contribution is 7.89. The van der Waals surface area contributed by atoms with Crippen LogP contribution in [0.5, 0.6) is 0 Å². The van der Waals surface area contributed by atoms with Crippen LogP contribution in [0.25, 0.3) is 0 Å². The Morgan fingerprint density at radius 3 is 2.48 bits per heavy atom. The standard InChI is InChI=1S/C16H22N2O2S.2C2H6/c1-3-21(19,20)18(13-15-8-6-10-17-12-15)16-9-5-4-7-14(2)11-16;2*1-2/h5-6,8-12,14H,3-4,7,13H2,1-2H3;2*1-2H3. The zero-order valence-electron chi connectivity index (χ0n) is 16.6. The molecule has 1 heterocycles. The van der Waals surface area contributed by atoms with Gasteiger partial charge in [0.25, 0.3) is 0 Å². The molecule has 0 fully saturated rings. The van der Waals surface area contributed by atoms with Crippen LogP contribution in [0.2, 0.25) is 0 Å². The normalized spacial score (nSPS) is 16.4. The highest BCUT2D eigenvalue weighted by Gasteiger charge is 2.23. The lowest BCUT2D eigenvalue weighted by Gasteiger charge is -2.25. The van der Waals surface area contributed by atoms with Gasteiger partial charge in [0.15, 0.2) is 0 Å². The van der Waals surface area contributed by atoms with Crippen LogP contribution in [0.4, 0.5) is 0 Å². The molecule has 0 aliphatic heterocycles. The van der Waals surface area contributed by atoms with Crippen LogP contribution in [0.1, 0.15) is 59.9 Å². The average molecular weight is 367 g/mol. The van der Waals surface area contributed by atoms with E-state index < -0.39 is 10.0 Å². The molecule has 0 radical (unpaired) electrons. The van der Waals surface area contributed by atoms with E-state index in [0.29, 0.717) is 12.5 Å². The number of pyridine rings is 1. The highest BCUT2D eigenvalue weighted by atomic mass is 32.2. The second-order valence-electron chi connectivity index (χ2n) is 5.32. The van der Waals surface area contributed by atoms with Crippen LogP contribution in [0, 0.1) is 5.92 Å². The summed E-state index contributed by atoms with van der Waals surface area (Å²) in [7, 11) is -3.31. The molecule has 1 aromatic heterocycles. The lowest BCUT2D eigenvalue weighted by Crippen LogP contribution is -2.31. The lowest BCUT2D eigenvalue weighted by atomic mass is 10.1. The maximum Gasteiger partial charge on any atom is 0.235 e. The van der Waals surface area contributed by atoms with E-state index in [2.05, 4.69) is 18.0 Å². The Morgan fingerprint density at radius 1 is 1.24 bits per heavy atom. The Morgan fingerprint density at radius 2 is 1.92 bits per heavy atom. The second-order valence-corrected chi connectivity index (χ2v) is 7.50. The van der Waals surface area contributed by atoms with Gasteiger partial charge in [-0.2, -0.15) is 0 Å². The van der Waals surface area contributed by atoms with E-state index in [4.69, 9.17) is 0 Å². The lowest BCUT2D eigenvalue weighted by molar-refractivity contribution is 0.477. The molecule has 2 rings (SSSR count). The van der Waals surface area contributed by atoms with Gasteiger partial charge in [0, 0.05) is 18.1 Å². The van der Waals surface area contributed by atoms with Crippen LogP contribution >= 0.6 is 0 Å². The van der Waals surface area contributed by atoms with Crippen LogP contribution < -0.4 is 0 Å². The molecule has 1 aliphatic carbocycles. The molecule has 0 aromatic carbocycles. The molecule has 0 spiro atoms. The third-order valence-electron chi connectivity index (χ3n) is 3.57. The van der Waals surface area contributed by atoms with Crippen molar-refractivity contribution < 1.29 is 8.42 Å². The zero-order valence-corrected chi connectivity index (χ0v) is 17.4. The number of sulfonamides is 1. The summed E-state index contributed by atoms with van der Waals surface area (Å²) in [6.07, 6.45) is 11.5. The Hall–Kier alpha value is -1.62. The largest absolute Gasteiger partial charge is 0.266 e. The first-order valence-electron chi connectivity index (χ1n) is 9.30. The molecule has 0 bridgehead atoms. The number of rotatable bonds is 5. The Balaban J connectivity index is 0.00000134. The highest BCUT2D eigenvalue weighted by Crippen LogP contribution is 2.23. The van der Waals surface area contributed by atoms with Crippen molar-refractivity contribution in [2.24, 2.45) is 5.92 Å². The van der Waals surface area contributed by atoms with Crippen molar-refractivity contribution in [3.05, 3.63) is 54.0 Å². The van der Waals surface area contributed by atoms with Gasteiger partial charge in [0.1, 0.15) is 0 Å². The first kappa shape index (κ1) is 23.4. The van der Waals surface area contributed by atoms with E-state index in [9.17, 15) is 8.42 Å². The average Bonchev–Trinajstić information content (AvgIpc) is 2.88. The first-order chi connectivity index (χ1) is 12.0. The Bertz CT molecular complexity index is 622. The van der Waals surface area contributed by atoms with E-state index in [1.54, 1.807) is 19.3 Å². The molecule has 4 nitrogen and oxygen atoms in total. The topological polar surface area (TPSA) is 50.3 Å². The first-order valence-corrected chi connectivity index (χ1v) is 10.9. The molecule has 0 saturated heterocycles. The summed E-state index contributed by atoms with van der Waals surface area (Å²) in [6, 6.07) is 3.72. The van der Waals surface area contributed by atoms with Crippen molar-refractivity contribution >= 4 is 10.0 Å². The molecule has 0 amide bonds. The summed E-state index contributed by atoms with van der Waals surface area (Å²) in [4.78, 5) is 4.07. The van der Waals surface area contributed by atoms with Crippen molar-refractivity contribution in [2.75, 3.05) is 5.75 Å². The predicted octanol–water partition coefficient (Wildman–Crippen LogP) is 5.16. The second kappa shape index (κ2) is 12.7. The fraction of sp³-hybridized carbons (Fsp3) is 0.550. The van der Waals surface area contributed by atoms with Crippen LogP contribution in [-0.2, 0) is 16.6 Å². The summed E-state index contributed by atoms with van der Waals surface area (Å²) < 4.78 is 26.4. The molecular weight excluding hydrogens is 332 g/mol. The van der Waals surface area contributed by atoms with Gasteiger partial charge in [-0.1, -0.05) is 52.8 Å². The molecule has 25 heavy (non-hydrogen) atoms. The Labute approximate surface area is 154 Å². The molecule has 1 aliphatic rings. The fourth-order valence-electron chi connectivity index (χ4n) is 2.32. The van der Waals surface area contributed by atoms with Crippen LogP contribution in [0.15, 0.2) is 48.5 Å². The molecule has 1 atom stereocenters. The van der Waals surface area contributed by atoms with Crippen molar-refractivity contribution in [1.29, 1.82) is 0 Å². The molecule has 5 heteroatoms. The molecule has 0 saturated carbocycles. The van der Waals surface area contributed by atoms with Gasteiger partial charge < -0.3 is 0 Å². The summed E-state index contributed by atoms with van der Waals surface area (Å²) in [5, 5.41) is 0. The number of hydrogen-bond acceptors (Lipinski definition) is 3. The maximum atomic E-state index is 12.5. The van der Waals surface area contributed by atoms with E-state index in [0.717, 1.165) is 24.1 Å². The van der Waals surface area contributed by atoms with Gasteiger partial charge in [-0.3, -0.25) is 9.29 Å². The van der Waals surface area contributed by atoms with Gasteiger partial charge in [-0.05, 0) is 43.4 Å². The maximum absolute atomic E-state index is 12.5. The fourth-order valence-corrected chi connectivity index (χ4v) is 3.42. The third kappa shape index (κ3) is 7.86. The van der Waals surface area contributed by atoms with E-state index >= 15 is 0 Å². The van der Waals surface area contributed by atoms with Crippen molar-refractivity contribution in [3.8, 4) is 0 Å². The predicted molar refractivity (Wildman–Crippen MR) is 108 cm³/mol. The number of aromatic nitrogens is 1. The molecule has 1 aromatic rings. The van der Waals surface area contributed by atoms with Gasteiger partial charge in [0.2, 0.25) is 10.0 Å². The number of allylic oxidation sites excluding steroid dienone is 3. The van der Waals surface area contributed by atoms with Gasteiger partial charge >= 0.3 is 0 Å². The Kier molecular flexibility index (Phi) is 11.9. The van der Waals surface area contributed by atoms with Gasteiger partial charge in [-0.25, -0.2) is 8.42 Å². The van der Waals surface area contributed by atoms with Crippen molar-refractivity contribution in [2.45, 2.75) is 60.9 Å². The van der Waals surface area contributed by atoms with Crippen molar-refractivity contribution in [3.63, 3.8) is 0 Å². The zero-order chi connectivity index (χ0) is 19.3. The van der Waals surface area contributed by atoms with E-state index in [1.165, 1.54) is 4.31 Å². The summed E-state index contributed by atoms with van der Waals surface area (Å²) in [5.74, 6) is 0.464. The van der Waals surface area contributed by atoms with Gasteiger partial charge in [0.05, 0.1) is 12.3 Å². The van der Waals surface area contributed by atoms with Crippen molar-refractivity contribution in [1.82, 2.24) is 9.29 Å². The van der Waals surface area contributed by atoms with Crippen LogP contribution in [-0.4, -0.2) is 23.5 Å². The molecule has 0 N–H and O–H groups in total. The molecule has 1 unspecified atom stereocenters. The molecule has 142 valence electrons. The minimum atomic E-state index is -3.31. The van der Waals surface area contributed by atoms with Gasteiger partial charge in [-0.15, -0.1) is 0 Å². The minimum absolute atomic E-state index is 0.0901. The SMILES string of the molecule is CC.CC.CCS(=O)(=O)N(Cc1cccnc1)C1=CC(C)CCC=C1. The summed E-state index contributed by atoms with van der Waals surface area (Å²) in [6.45, 7) is 12.1. The van der Waals surface area contributed by atoms with Crippen LogP contribution in [0.3, 0.4) is 0 Å². The number of hydrogen-bond donors (Lipinski definition) is 0. The minimum Gasteiger partial charge on any atom is -0.266 e. The monoisotopic (exact) mass is 366 g/mol. The summed E-state index contributed by atoms with van der Waals surface area (Å²) >= 11 is 0. The molecular formula is C20H34N2O2S. The van der Waals surface area contributed by atoms with E-state index in [-0.39, 0.29) is 5.75 Å². The third-order valence-corrected chi connectivity index (χ3v) is 5.31. The van der Waals surface area contributed by atoms with E-state index in [1.807, 2.05) is 52.0 Å². The quantitative estimate of drug-likeness (QED) is 0.723.